The summed E-state index contributed by atoms with van der Waals surface area (Å²) in [7, 11) is 1.72. The van der Waals surface area contributed by atoms with Crippen molar-refractivity contribution in [1.82, 2.24) is 20.2 Å². The van der Waals surface area contributed by atoms with E-state index in [1.165, 1.54) is 11.3 Å². The van der Waals surface area contributed by atoms with Crippen molar-refractivity contribution in [2.75, 3.05) is 31.6 Å². The Balaban J connectivity index is 1.63. The van der Waals surface area contributed by atoms with Crippen molar-refractivity contribution in [2.24, 2.45) is 0 Å². The summed E-state index contributed by atoms with van der Waals surface area (Å²) in [5, 5.41) is 10.8. The SMILES string of the molecule is CN/C=C(\C=N)N1CCc2nc(-c3ccc(N4CCCC4)nc3F)sc2C1=O. The topological polar surface area (TPSA) is 85.2 Å². The van der Waals surface area contributed by atoms with Gasteiger partial charge in [-0.25, -0.2) is 9.97 Å². The van der Waals surface area contributed by atoms with E-state index in [1.807, 2.05) is 6.07 Å². The van der Waals surface area contributed by atoms with Crippen LogP contribution in [0.4, 0.5) is 10.2 Å². The molecule has 9 heteroatoms. The molecule has 2 aromatic rings. The van der Waals surface area contributed by atoms with Gasteiger partial charge in [-0.1, -0.05) is 0 Å². The van der Waals surface area contributed by atoms with Crippen LogP contribution in [0.2, 0.25) is 0 Å². The number of fused-ring (bicyclic) bond motifs is 1. The van der Waals surface area contributed by atoms with E-state index in [1.54, 1.807) is 24.2 Å². The van der Waals surface area contributed by atoms with Crippen LogP contribution in [0, 0.1) is 11.4 Å². The molecule has 28 heavy (non-hydrogen) atoms. The largest absolute Gasteiger partial charge is 0.392 e. The van der Waals surface area contributed by atoms with Crippen LogP contribution < -0.4 is 10.2 Å². The number of halogens is 1. The molecule has 2 aliphatic rings. The van der Waals surface area contributed by atoms with E-state index < -0.39 is 5.95 Å². The fourth-order valence-corrected chi connectivity index (χ4v) is 4.62. The minimum absolute atomic E-state index is 0.211. The predicted octanol–water partition coefficient (Wildman–Crippen LogP) is 2.65. The maximum atomic E-state index is 14.7. The molecule has 0 saturated carbocycles. The third-order valence-electron chi connectivity index (χ3n) is 4.96. The minimum Gasteiger partial charge on any atom is -0.392 e. The number of carbonyl (C=O) groups excluding carboxylic acids is 1. The van der Waals surface area contributed by atoms with Gasteiger partial charge in [0.2, 0.25) is 5.95 Å². The van der Waals surface area contributed by atoms with Gasteiger partial charge < -0.3 is 20.5 Å². The van der Waals surface area contributed by atoms with Crippen LogP contribution >= 0.6 is 11.3 Å². The van der Waals surface area contributed by atoms with Gasteiger partial charge in [-0.15, -0.1) is 11.3 Å². The molecule has 0 atom stereocenters. The third kappa shape index (κ3) is 3.26. The van der Waals surface area contributed by atoms with Gasteiger partial charge in [0.25, 0.3) is 5.91 Å². The molecule has 2 aromatic heterocycles. The molecule has 0 radical (unpaired) electrons. The number of anilines is 1. The highest BCUT2D eigenvalue weighted by atomic mass is 32.1. The van der Waals surface area contributed by atoms with Crippen LogP contribution in [-0.2, 0) is 6.42 Å². The van der Waals surface area contributed by atoms with Gasteiger partial charge in [0.1, 0.15) is 15.7 Å². The number of carbonyl (C=O) groups is 1. The first-order chi connectivity index (χ1) is 13.6. The minimum atomic E-state index is -0.560. The average Bonchev–Trinajstić information content (AvgIpc) is 3.37. The second kappa shape index (κ2) is 7.67. The summed E-state index contributed by atoms with van der Waals surface area (Å²) in [5.74, 6) is -0.123. The molecule has 0 unspecified atom stereocenters. The molecule has 1 saturated heterocycles. The van der Waals surface area contributed by atoms with Gasteiger partial charge in [0.15, 0.2) is 0 Å². The Morgan fingerprint density at radius 2 is 2.07 bits per heavy atom. The van der Waals surface area contributed by atoms with Crippen molar-refractivity contribution in [1.29, 1.82) is 5.41 Å². The molecule has 4 rings (SSSR count). The summed E-state index contributed by atoms with van der Waals surface area (Å²) < 4.78 is 14.7. The Bertz CT molecular complexity index is 950. The van der Waals surface area contributed by atoms with Gasteiger partial charge in [0, 0.05) is 45.5 Å². The monoisotopic (exact) mass is 400 g/mol. The fourth-order valence-electron chi connectivity index (χ4n) is 3.54. The molecular formula is C19H21FN6OS. The van der Waals surface area contributed by atoms with Gasteiger partial charge in [-0.3, -0.25) is 4.79 Å². The maximum Gasteiger partial charge on any atom is 0.270 e. The number of nitrogens with zero attached hydrogens (tertiary/aromatic N) is 4. The van der Waals surface area contributed by atoms with Crippen LogP contribution in [0.25, 0.3) is 10.6 Å². The van der Waals surface area contributed by atoms with Gasteiger partial charge in [0.05, 0.1) is 17.0 Å². The molecule has 4 heterocycles. The Morgan fingerprint density at radius 1 is 1.29 bits per heavy atom. The van der Waals surface area contributed by atoms with Crippen LogP contribution in [0.5, 0.6) is 0 Å². The lowest BCUT2D eigenvalue weighted by Gasteiger charge is -2.26. The van der Waals surface area contributed by atoms with E-state index in [-0.39, 0.29) is 5.91 Å². The second-order valence-electron chi connectivity index (χ2n) is 6.71. The molecular weight excluding hydrogens is 379 g/mol. The first kappa shape index (κ1) is 18.5. The highest BCUT2D eigenvalue weighted by molar-refractivity contribution is 7.17. The summed E-state index contributed by atoms with van der Waals surface area (Å²) in [6, 6.07) is 3.52. The van der Waals surface area contributed by atoms with Gasteiger partial charge in [-0.2, -0.15) is 4.39 Å². The summed E-state index contributed by atoms with van der Waals surface area (Å²) in [6.45, 7) is 2.24. The van der Waals surface area contributed by atoms with Crippen molar-refractivity contribution >= 4 is 29.3 Å². The standard InChI is InChI=1S/C19H21FN6OS/c1-22-11-12(10-21)26-9-6-14-16(19(26)27)28-18(23-14)13-4-5-15(24-17(13)20)25-7-2-3-8-25/h4-5,10-11,21-22H,2-3,6-9H2,1H3/b12-11+,21-10?. The van der Waals surface area contributed by atoms with E-state index in [9.17, 15) is 9.18 Å². The molecule has 2 aliphatic heterocycles. The Morgan fingerprint density at radius 3 is 2.75 bits per heavy atom. The zero-order valence-corrected chi connectivity index (χ0v) is 16.4. The average molecular weight is 400 g/mol. The number of rotatable bonds is 5. The van der Waals surface area contributed by atoms with Gasteiger partial charge in [-0.05, 0) is 25.0 Å². The third-order valence-corrected chi connectivity index (χ3v) is 6.07. The molecule has 1 amide bonds. The number of nitrogens with one attached hydrogen (secondary N) is 2. The number of pyridine rings is 1. The van der Waals surface area contributed by atoms with E-state index in [4.69, 9.17) is 5.41 Å². The first-order valence-electron chi connectivity index (χ1n) is 9.23. The summed E-state index contributed by atoms with van der Waals surface area (Å²) in [6.07, 6.45) is 5.51. The lowest BCUT2D eigenvalue weighted by molar-refractivity contribution is 0.0804. The van der Waals surface area contributed by atoms with Crippen LogP contribution in [0.3, 0.4) is 0 Å². The number of aromatic nitrogens is 2. The molecule has 0 aliphatic carbocycles. The smallest absolute Gasteiger partial charge is 0.270 e. The Hall–Kier alpha value is -2.81. The van der Waals surface area contributed by atoms with Crippen LogP contribution in [-0.4, -0.2) is 53.7 Å². The molecule has 0 aromatic carbocycles. The number of thiazole rings is 1. The maximum absolute atomic E-state index is 14.7. The molecule has 0 bridgehead atoms. The Kier molecular flexibility index (Phi) is 5.08. The fraction of sp³-hybridized carbons (Fsp3) is 0.368. The lowest BCUT2D eigenvalue weighted by atomic mass is 10.1. The summed E-state index contributed by atoms with van der Waals surface area (Å²) >= 11 is 1.18. The van der Waals surface area contributed by atoms with Crippen molar-refractivity contribution < 1.29 is 9.18 Å². The molecule has 2 N–H and O–H groups in total. The lowest BCUT2D eigenvalue weighted by Crippen LogP contribution is -2.37. The summed E-state index contributed by atoms with van der Waals surface area (Å²) in [5.41, 5.74) is 1.48. The van der Waals surface area contributed by atoms with E-state index in [2.05, 4.69) is 20.2 Å². The Labute approximate surface area is 166 Å². The molecule has 146 valence electrons. The first-order valence-corrected chi connectivity index (χ1v) is 10.1. The predicted molar refractivity (Wildman–Crippen MR) is 107 cm³/mol. The van der Waals surface area contributed by atoms with Crippen LogP contribution in [0.15, 0.2) is 24.0 Å². The van der Waals surface area contributed by atoms with Crippen molar-refractivity contribution in [3.8, 4) is 10.6 Å². The van der Waals surface area contributed by atoms with E-state index in [0.717, 1.165) is 32.1 Å². The van der Waals surface area contributed by atoms with E-state index in [0.29, 0.717) is 45.6 Å². The number of allylic oxidation sites excluding steroid dienone is 1. The number of hydrogen-bond acceptors (Lipinski definition) is 7. The van der Waals surface area contributed by atoms with Crippen molar-refractivity contribution in [3.05, 3.63) is 40.5 Å². The highest BCUT2D eigenvalue weighted by Crippen LogP contribution is 2.34. The zero-order chi connectivity index (χ0) is 19.7. The normalized spacial score (nSPS) is 17.1. The van der Waals surface area contributed by atoms with Gasteiger partial charge >= 0.3 is 0 Å². The summed E-state index contributed by atoms with van der Waals surface area (Å²) in [4.78, 5) is 25.6. The molecule has 1 fully saturated rings. The van der Waals surface area contributed by atoms with Crippen molar-refractivity contribution in [2.45, 2.75) is 19.3 Å². The van der Waals surface area contributed by atoms with E-state index >= 15 is 0 Å². The zero-order valence-electron chi connectivity index (χ0n) is 15.5. The quantitative estimate of drug-likeness (QED) is 0.595. The molecule has 0 spiro atoms. The number of amides is 1. The van der Waals surface area contributed by atoms with Crippen molar-refractivity contribution in [3.63, 3.8) is 0 Å². The number of hydrogen-bond donors (Lipinski definition) is 2. The highest BCUT2D eigenvalue weighted by Gasteiger charge is 2.31. The molecule has 7 nitrogen and oxygen atoms in total. The second-order valence-corrected chi connectivity index (χ2v) is 7.70. The van der Waals surface area contributed by atoms with Crippen LogP contribution in [0.1, 0.15) is 28.2 Å².